The maximum absolute atomic E-state index is 14.1. The summed E-state index contributed by atoms with van der Waals surface area (Å²) in [6, 6.07) is 8.05. The standard InChI is InChI=1S/C26H22F4N6O3/c27-18-2-1-16(20(28)12-18)15-36-25(38)35-6-3-19(13-22(35)32-36)34-9-10-39-21-11-17(14-31-23(21)34)24(37)33-7-4-26(29,30)5-8-33/h1-3,6,11-14H,4-5,7-10,15H2. The number of piperidine rings is 1. The molecule has 0 N–H and O–H groups in total. The minimum atomic E-state index is -2.76. The number of amides is 1. The van der Waals surface area contributed by atoms with Crippen LogP contribution in [0.4, 0.5) is 29.1 Å². The molecule has 0 atom stereocenters. The van der Waals surface area contributed by atoms with E-state index in [-0.39, 0.29) is 49.5 Å². The van der Waals surface area contributed by atoms with E-state index in [9.17, 15) is 27.2 Å². The summed E-state index contributed by atoms with van der Waals surface area (Å²) in [7, 11) is 0. The Kier molecular flexibility index (Phi) is 6.00. The SMILES string of the molecule is O=C(c1cnc2c(c1)OCCN2c1ccn2c(=O)n(Cc3ccc(F)cc3F)nc2c1)N1CCC(F)(F)CC1. The van der Waals surface area contributed by atoms with Crippen molar-refractivity contribution in [3.05, 3.63) is 82.0 Å². The molecule has 5 heterocycles. The van der Waals surface area contributed by atoms with Crippen LogP contribution >= 0.6 is 0 Å². The number of anilines is 2. The first-order valence-electron chi connectivity index (χ1n) is 12.3. The normalized spacial score (nSPS) is 16.7. The van der Waals surface area contributed by atoms with Crippen LogP contribution in [0.2, 0.25) is 0 Å². The third-order valence-corrected chi connectivity index (χ3v) is 6.91. The number of halogens is 4. The Balaban J connectivity index is 1.26. The fourth-order valence-electron chi connectivity index (χ4n) is 4.78. The highest BCUT2D eigenvalue weighted by atomic mass is 19.3. The van der Waals surface area contributed by atoms with Crippen molar-refractivity contribution in [3.8, 4) is 5.75 Å². The van der Waals surface area contributed by atoms with Crippen LogP contribution in [-0.4, -0.2) is 62.1 Å². The van der Waals surface area contributed by atoms with Crippen molar-refractivity contribution in [2.75, 3.05) is 31.1 Å². The number of likely N-dealkylation sites (tertiary alicyclic amines) is 1. The first-order valence-corrected chi connectivity index (χ1v) is 12.3. The van der Waals surface area contributed by atoms with Crippen LogP contribution in [0, 0.1) is 11.6 Å². The molecule has 0 bridgehead atoms. The number of hydrogen-bond acceptors (Lipinski definition) is 6. The Morgan fingerprint density at radius 2 is 1.85 bits per heavy atom. The zero-order chi connectivity index (χ0) is 27.3. The molecule has 39 heavy (non-hydrogen) atoms. The molecule has 1 amide bonds. The minimum Gasteiger partial charge on any atom is -0.488 e. The van der Waals surface area contributed by atoms with E-state index in [2.05, 4.69) is 10.1 Å². The molecule has 0 radical (unpaired) electrons. The van der Waals surface area contributed by atoms with Crippen molar-refractivity contribution >= 4 is 23.1 Å². The predicted octanol–water partition coefficient (Wildman–Crippen LogP) is 3.62. The fraction of sp³-hybridized carbons (Fsp3) is 0.308. The highest BCUT2D eigenvalue weighted by molar-refractivity contribution is 5.95. The number of ether oxygens (including phenoxy) is 1. The van der Waals surface area contributed by atoms with Gasteiger partial charge in [0.25, 0.3) is 11.8 Å². The molecule has 3 aromatic heterocycles. The van der Waals surface area contributed by atoms with Gasteiger partial charge in [-0.25, -0.2) is 32.0 Å². The van der Waals surface area contributed by atoms with Crippen LogP contribution < -0.4 is 15.3 Å². The Bertz CT molecular complexity index is 1640. The van der Waals surface area contributed by atoms with Gasteiger partial charge in [-0.1, -0.05) is 6.07 Å². The number of carbonyl (C=O) groups excluding carboxylic acids is 1. The van der Waals surface area contributed by atoms with Gasteiger partial charge in [0.15, 0.2) is 17.2 Å². The van der Waals surface area contributed by atoms with Gasteiger partial charge in [-0.15, -0.1) is 5.10 Å². The quantitative estimate of drug-likeness (QED) is 0.367. The van der Waals surface area contributed by atoms with Crippen molar-refractivity contribution in [3.63, 3.8) is 0 Å². The molecule has 9 nitrogen and oxygen atoms in total. The molecule has 0 aliphatic carbocycles. The number of hydrogen-bond donors (Lipinski definition) is 0. The van der Waals surface area contributed by atoms with E-state index in [1.807, 2.05) is 4.90 Å². The van der Waals surface area contributed by atoms with Gasteiger partial charge in [-0.3, -0.25) is 9.20 Å². The lowest BCUT2D eigenvalue weighted by atomic mass is 10.1. The van der Waals surface area contributed by atoms with Crippen LogP contribution in [0.25, 0.3) is 5.65 Å². The van der Waals surface area contributed by atoms with E-state index in [0.717, 1.165) is 16.8 Å². The van der Waals surface area contributed by atoms with E-state index >= 15 is 0 Å². The Morgan fingerprint density at radius 1 is 1.05 bits per heavy atom. The van der Waals surface area contributed by atoms with Gasteiger partial charge in [-0.2, -0.15) is 0 Å². The largest absolute Gasteiger partial charge is 0.488 e. The van der Waals surface area contributed by atoms with Gasteiger partial charge in [0.1, 0.15) is 18.2 Å². The average molecular weight is 542 g/mol. The second-order valence-corrected chi connectivity index (χ2v) is 9.48. The molecule has 6 rings (SSSR count). The molecule has 13 heteroatoms. The summed E-state index contributed by atoms with van der Waals surface area (Å²) in [5.41, 5.74) is 0.842. The molecule has 0 unspecified atom stereocenters. The first-order chi connectivity index (χ1) is 18.7. The van der Waals surface area contributed by atoms with Crippen molar-refractivity contribution in [1.29, 1.82) is 0 Å². The zero-order valence-corrected chi connectivity index (χ0v) is 20.5. The average Bonchev–Trinajstić information content (AvgIpc) is 3.23. The summed E-state index contributed by atoms with van der Waals surface area (Å²) in [4.78, 5) is 33.4. The number of alkyl halides is 2. The van der Waals surface area contributed by atoms with E-state index in [4.69, 9.17) is 4.74 Å². The number of benzene rings is 1. The second-order valence-electron chi connectivity index (χ2n) is 9.48. The van der Waals surface area contributed by atoms with E-state index < -0.39 is 23.2 Å². The van der Waals surface area contributed by atoms with Gasteiger partial charge in [0.05, 0.1) is 18.7 Å². The number of fused-ring (bicyclic) bond motifs is 2. The van der Waals surface area contributed by atoms with E-state index in [1.54, 1.807) is 18.2 Å². The minimum absolute atomic E-state index is 0.0320. The van der Waals surface area contributed by atoms with E-state index in [1.165, 1.54) is 27.8 Å². The topological polar surface area (TPSA) is 85.0 Å². The van der Waals surface area contributed by atoms with Crippen LogP contribution in [0.3, 0.4) is 0 Å². The number of rotatable bonds is 4. The first kappa shape index (κ1) is 24.9. The number of nitrogens with zero attached hydrogens (tertiary/aromatic N) is 6. The molecule has 1 fully saturated rings. The van der Waals surface area contributed by atoms with Gasteiger partial charge >= 0.3 is 5.69 Å². The van der Waals surface area contributed by atoms with Crippen LogP contribution in [0.5, 0.6) is 5.75 Å². The van der Waals surface area contributed by atoms with Crippen LogP contribution in [0.1, 0.15) is 28.8 Å². The molecule has 0 saturated carbocycles. The lowest BCUT2D eigenvalue weighted by Crippen LogP contribution is -2.42. The van der Waals surface area contributed by atoms with E-state index in [0.29, 0.717) is 36.1 Å². The van der Waals surface area contributed by atoms with Crippen molar-refractivity contribution in [2.24, 2.45) is 0 Å². The third kappa shape index (κ3) is 4.68. The molecular formula is C26H22F4N6O3. The molecule has 2 aliphatic rings. The number of pyridine rings is 2. The van der Waals surface area contributed by atoms with Gasteiger partial charge in [0, 0.05) is 61.7 Å². The Morgan fingerprint density at radius 3 is 2.62 bits per heavy atom. The molecule has 0 spiro atoms. The summed E-state index contributed by atoms with van der Waals surface area (Å²) in [6.45, 7) is 0.482. The maximum Gasteiger partial charge on any atom is 0.350 e. The highest BCUT2D eigenvalue weighted by Gasteiger charge is 2.36. The summed E-state index contributed by atoms with van der Waals surface area (Å²) in [5, 5.41) is 4.31. The Hall–Kier alpha value is -4.42. The maximum atomic E-state index is 14.1. The fourth-order valence-corrected chi connectivity index (χ4v) is 4.78. The van der Waals surface area contributed by atoms with Gasteiger partial charge in [0.2, 0.25) is 0 Å². The molecule has 2 aliphatic heterocycles. The van der Waals surface area contributed by atoms with Crippen molar-refractivity contribution < 1.29 is 27.1 Å². The van der Waals surface area contributed by atoms with Crippen LogP contribution in [-0.2, 0) is 6.54 Å². The summed E-state index contributed by atoms with van der Waals surface area (Å²) in [5.74, 6) is -3.81. The summed E-state index contributed by atoms with van der Waals surface area (Å²) >= 11 is 0. The summed E-state index contributed by atoms with van der Waals surface area (Å²) in [6.07, 6.45) is 2.18. The molecule has 1 saturated heterocycles. The zero-order valence-electron chi connectivity index (χ0n) is 20.5. The lowest BCUT2D eigenvalue weighted by Gasteiger charge is -2.32. The molecular weight excluding hydrogens is 520 g/mol. The molecule has 4 aromatic rings. The lowest BCUT2D eigenvalue weighted by molar-refractivity contribution is -0.0494. The van der Waals surface area contributed by atoms with Crippen LogP contribution in [0.15, 0.2) is 53.6 Å². The monoisotopic (exact) mass is 542 g/mol. The molecule has 202 valence electrons. The van der Waals surface area contributed by atoms with Crippen molar-refractivity contribution in [2.45, 2.75) is 25.3 Å². The third-order valence-electron chi connectivity index (χ3n) is 6.91. The molecule has 1 aromatic carbocycles. The van der Waals surface area contributed by atoms with Crippen molar-refractivity contribution in [1.82, 2.24) is 24.1 Å². The smallest absolute Gasteiger partial charge is 0.350 e. The Labute approximate surface area is 218 Å². The second kappa shape index (κ2) is 9.40. The number of aromatic nitrogens is 4. The van der Waals surface area contributed by atoms with Gasteiger partial charge in [-0.05, 0) is 18.2 Å². The number of carbonyl (C=O) groups is 1. The summed E-state index contributed by atoms with van der Waals surface area (Å²) < 4.78 is 62.5. The predicted molar refractivity (Wildman–Crippen MR) is 132 cm³/mol. The van der Waals surface area contributed by atoms with Gasteiger partial charge < -0.3 is 14.5 Å². The highest BCUT2D eigenvalue weighted by Crippen LogP contribution is 2.36.